The van der Waals surface area contributed by atoms with Gasteiger partial charge in [0.05, 0.1) is 17.0 Å². The molecule has 0 radical (unpaired) electrons. The molecular weight excluding hydrogens is 366 g/mol. The van der Waals surface area contributed by atoms with Crippen molar-refractivity contribution in [2.45, 2.75) is 38.9 Å². The lowest BCUT2D eigenvalue weighted by atomic mass is 10.2. The Morgan fingerprint density at radius 2 is 2.11 bits per heavy atom. The summed E-state index contributed by atoms with van der Waals surface area (Å²) in [7, 11) is -3.11. The number of amides is 1. The van der Waals surface area contributed by atoms with Crippen LogP contribution in [0, 0.1) is 6.92 Å². The van der Waals surface area contributed by atoms with Crippen molar-refractivity contribution in [3.05, 3.63) is 23.9 Å². The molecule has 1 amide bonds. The summed E-state index contributed by atoms with van der Waals surface area (Å²) in [5.74, 6) is 1.10. The van der Waals surface area contributed by atoms with Gasteiger partial charge in [-0.05, 0) is 39.3 Å². The number of sulfone groups is 1. The van der Waals surface area contributed by atoms with Crippen LogP contribution in [-0.2, 0) is 14.6 Å². The molecule has 1 aliphatic rings. The molecule has 1 aromatic heterocycles. The van der Waals surface area contributed by atoms with Crippen LogP contribution in [0.3, 0.4) is 0 Å². The maximum Gasteiger partial charge on any atom is 0.227 e. The first kappa shape index (κ1) is 21.1. The van der Waals surface area contributed by atoms with E-state index < -0.39 is 14.6 Å². The van der Waals surface area contributed by atoms with Crippen molar-refractivity contribution in [2.24, 2.45) is 4.99 Å². The number of hydrogen-bond acceptors (Lipinski definition) is 5. The Bertz CT molecular complexity index is 788. The molecule has 2 N–H and O–H groups in total. The van der Waals surface area contributed by atoms with E-state index in [1.54, 1.807) is 26.1 Å². The van der Waals surface area contributed by atoms with Gasteiger partial charge >= 0.3 is 0 Å². The first-order valence-electron chi connectivity index (χ1n) is 9.13. The van der Waals surface area contributed by atoms with Gasteiger partial charge in [-0.1, -0.05) is 6.07 Å². The molecule has 1 saturated heterocycles. The van der Waals surface area contributed by atoms with Gasteiger partial charge in [-0.25, -0.2) is 13.4 Å². The van der Waals surface area contributed by atoms with Gasteiger partial charge in [0.2, 0.25) is 5.91 Å². The largest absolute Gasteiger partial charge is 0.357 e. The minimum atomic E-state index is -3.11. The van der Waals surface area contributed by atoms with Crippen LogP contribution in [-0.4, -0.2) is 66.8 Å². The second-order valence-electron chi connectivity index (χ2n) is 7.25. The van der Waals surface area contributed by atoms with Gasteiger partial charge in [-0.3, -0.25) is 9.79 Å². The van der Waals surface area contributed by atoms with Crippen molar-refractivity contribution in [1.29, 1.82) is 0 Å². The SMILES string of the molecule is CCNC(=NCCC(=O)Nc1ccc(C)cn1)N1CCS(=O)(=O)C(C)(C)C1. The van der Waals surface area contributed by atoms with Gasteiger partial charge in [-0.2, -0.15) is 0 Å². The summed E-state index contributed by atoms with van der Waals surface area (Å²) in [6, 6.07) is 3.65. The Kier molecular flexibility index (Phi) is 6.80. The molecule has 2 rings (SSSR count). The second kappa shape index (κ2) is 8.69. The summed E-state index contributed by atoms with van der Waals surface area (Å²) in [4.78, 5) is 22.7. The van der Waals surface area contributed by atoms with Crippen molar-refractivity contribution in [3.8, 4) is 0 Å². The number of nitrogens with one attached hydrogen (secondary N) is 2. The van der Waals surface area contributed by atoms with Crippen molar-refractivity contribution >= 4 is 27.5 Å². The highest BCUT2D eigenvalue weighted by molar-refractivity contribution is 7.92. The predicted molar refractivity (Wildman–Crippen MR) is 108 cm³/mol. The van der Waals surface area contributed by atoms with Crippen molar-refractivity contribution in [3.63, 3.8) is 0 Å². The number of guanidine groups is 1. The number of rotatable bonds is 5. The van der Waals surface area contributed by atoms with E-state index in [0.717, 1.165) is 5.56 Å². The molecule has 1 aromatic rings. The van der Waals surface area contributed by atoms with E-state index in [1.807, 2.05) is 24.8 Å². The third-order valence-corrected chi connectivity index (χ3v) is 6.99. The number of pyridine rings is 1. The number of aryl methyl sites for hydroxylation is 1. The number of nitrogens with zero attached hydrogens (tertiary/aromatic N) is 3. The third kappa shape index (κ3) is 5.66. The minimum Gasteiger partial charge on any atom is -0.357 e. The maximum atomic E-state index is 12.2. The zero-order valence-corrected chi connectivity index (χ0v) is 17.3. The number of hydrogen-bond donors (Lipinski definition) is 2. The summed E-state index contributed by atoms with van der Waals surface area (Å²) >= 11 is 0. The van der Waals surface area contributed by atoms with Crippen LogP contribution in [0.1, 0.15) is 32.8 Å². The standard InChI is InChI=1S/C18H29N5O3S/c1-5-19-17(23-10-11-27(25,26)18(3,4)13-23)20-9-8-16(24)22-15-7-6-14(2)12-21-15/h6-7,12H,5,8-11,13H2,1-4H3,(H,19,20)(H,21,22,24). The van der Waals surface area contributed by atoms with Crippen LogP contribution in [0.25, 0.3) is 0 Å². The molecule has 0 spiro atoms. The molecule has 1 fully saturated rings. The molecule has 0 atom stereocenters. The Labute approximate surface area is 161 Å². The van der Waals surface area contributed by atoms with Gasteiger partial charge in [0.1, 0.15) is 5.82 Å². The predicted octanol–water partition coefficient (Wildman–Crippen LogP) is 1.19. The fourth-order valence-electron chi connectivity index (χ4n) is 2.76. The van der Waals surface area contributed by atoms with Crippen LogP contribution in [0.15, 0.2) is 23.3 Å². The lowest BCUT2D eigenvalue weighted by molar-refractivity contribution is -0.116. The molecule has 9 heteroatoms. The highest BCUT2D eigenvalue weighted by atomic mass is 32.2. The van der Waals surface area contributed by atoms with Crippen molar-refractivity contribution in [2.75, 3.05) is 37.2 Å². The first-order chi connectivity index (χ1) is 12.6. The third-order valence-electron chi connectivity index (χ3n) is 4.46. The first-order valence-corrected chi connectivity index (χ1v) is 10.8. The normalized spacial score (nSPS) is 18.8. The summed E-state index contributed by atoms with van der Waals surface area (Å²) in [6.45, 7) is 9.11. The number of carbonyl (C=O) groups excluding carboxylic acids is 1. The minimum absolute atomic E-state index is 0.101. The molecule has 0 aromatic carbocycles. The molecule has 2 heterocycles. The molecule has 1 aliphatic heterocycles. The van der Waals surface area contributed by atoms with Gasteiger partial charge in [0, 0.05) is 32.3 Å². The molecule has 0 bridgehead atoms. The Hall–Kier alpha value is -2.16. The molecule has 0 saturated carbocycles. The van der Waals surface area contributed by atoms with Crippen molar-refractivity contribution < 1.29 is 13.2 Å². The summed E-state index contributed by atoms with van der Waals surface area (Å²) < 4.78 is 23.5. The van der Waals surface area contributed by atoms with Gasteiger partial charge in [0.15, 0.2) is 15.8 Å². The van der Waals surface area contributed by atoms with Gasteiger partial charge in [-0.15, -0.1) is 0 Å². The lowest BCUT2D eigenvalue weighted by Gasteiger charge is -2.39. The molecule has 0 aliphatic carbocycles. The van der Waals surface area contributed by atoms with Crippen LogP contribution in [0.4, 0.5) is 5.82 Å². The van der Waals surface area contributed by atoms with E-state index in [4.69, 9.17) is 0 Å². The van der Waals surface area contributed by atoms with Crippen molar-refractivity contribution in [1.82, 2.24) is 15.2 Å². The van der Waals surface area contributed by atoms with Crippen LogP contribution in [0.5, 0.6) is 0 Å². The van der Waals surface area contributed by atoms with E-state index >= 15 is 0 Å². The summed E-state index contributed by atoms with van der Waals surface area (Å²) in [5, 5.41) is 5.93. The highest BCUT2D eigenvalue weighted by Crippen LogP contribution is 2.23. The van der Waals surface area contributed by atoms with Gasteiger partial charge < -0.3 is 15.5 Å². The smallest absolute Gasteiger partial charge is 0.227 e. The topological polar surface area (TPSA) is 104 Å². The Morgan fingerprint density at radius 1 is 1.37 bits per heavy atom. The second-order valence-corrected chi connectivity index (χ2v) is 10.00. The number of aromatic nitrogens is 1. The van der Waals surface area contributed by atoms with Gasteiger partial charge in [0.25, 0.3) is 0 Å². The monoisotopic (exact) mass is 395 g/mol. The van der Waals surface area contributed by atoms with E-state index in [-0.39, 0.29) is 18.1 Å². The molecule has 0 unspecified atom stereocenters. The average Bonchev–Trinajstić information content (AvgIpc) is 2.59. The molecule has 8 nitrogen and oxygen atoms in total. The van der Waals surface area contributed by atoms with Crippen LogP contribution < -0.4 is 10.6 Å². The number of anilines is 1. The quantitative estimate of drug-likeness (QED) is 0.573. The summed E-state index contributed by atoms with van der Waals surface area (Å²) in [6.07, 6.45) is 1.92. The Morgan fingerprint density at radius 3 is 2.70 bits per heavy atom. The number of carbonyl (C=O) groups is 1. The summed E-state index contributed by atoms with van der Waals surface area (Å²) in [5.41, 5.74) is 1.03. The molecule has 150 valence electrons. The average molecular weight is 396 g/mol. The van der Waals surface area contributed by atoms with E-state index in [2.05, 4.69) is 20.6 Å². The van der Waals surface area contributed by atoms with Crippen LogP contribution >= 0.6 is 0 Å². The highest BCUT2D eigenvalue weighted by Gasteiger charge is 2.40. The fraction of sp³-hybridized carbons (Fsp3) is 0.611. The molecular formula is C18H29N5O3S. The Balaban J connectivity index is 1.95. The fourth-order valence-corrected chi connectivity index (χ4v) is 4.13. The lowest BCUT2D eigenvalue weighted by Crippen LogP contribution is -2.57. The van der Waals surface area contributed by atoms with E-state index in [1.165, 1.54) is 0 Å². The van der Waals surface area contributed by atoms with E-state index in [9.17, 15) is 13.2 Å². The van der Waals surface area contributed by atoms with E-state index in [0.29, 0.717) is 38.0 Å². The van der Waals surface area contributed by atoms with Crippen LogP contribution in [0.2, 0.25) is 0 Å². The zero-order valence-electron chi connectivity index (χ0n) is 16.4. The zero-order chi connectivity index (χ0) is 20.1. The number of aliphatic imine (C=N–C) groups is 1. The molecule has 27 heavy (non-hydrogen) atoms. The maximum absolute atomic E-state index is 12.2.